The summed E-state index contributed by atoms with van der Waals surface area (Å²) in [7, 11) is 0. The molecule has 0 spiro atoms. The Bertz CT molecular complexity index is 655. The maximum absolute atomic E-state index is 12.6. The molecular formula is C20H29BrN2O3. The molecule has 1 unspecified atom stereocenters. The first-order chi connectivity index (χ1) is 12.1. The fourth-order valence-electron chi connectivity index (χ4n) is 3.10. The predicted octanol–water partition coefficient (Wildman–Crippen LogP) is 4.21. The molecule has 1 N–H and O–H groups in total. The lowest BCUT2D eigenvalue weighted by Crippen LogP contribution is -2.50. The van der Waals surface area contributed by atoms with Crippen molar-refractivity contribution >= 4 is 27.9 Å². The number of carbonyl (C=O) groups excluding carboxylic acids is 2. The second-order valence-electron chi connectivity index (χ2n) is 7.90. The van der Waals surface area contributed by atoms with Crippen molar-refractivity contribution < 1.29 is 14.3 Å². The number of rotatable bonds is 4. The molecule has 0 aliphatic carbocycles. The van der Waals surface area contributed by atoms with Gasteiger partial charge < -0.3 is 15.0 Å². The third kappa shape index (κ3) is 6.63. The number of benzene rings is 1. The summed E-state index contributed by atoms with van der Waals surface area (Å²) in [5.41, 5.74) is 1.87. The summed E-state index contributed by atoms with van der Waals surface area (Å²) in [4.78, 5) is 26.4. The number of hydrogen-bond acceptors (Lipinski definition) is 3. The van der Waals surface area contributed by atoms with E-state index in [9.17, 15) is 9.59 Å². The number of ether oxygens (including phenoxy) is 1. The van der Waals surface area contributed by atoms with Gasteiger partial charge in [-0.15, -0.1) is 0 Å². The zero-order valence-electron chi connectivity index (χ0n) is 16.1. The molecule has 1 aliphatic rings. The van der Waals surface area contributed by atoms with Crippen molar-refractivity contribution in [1.82, 2.24) is 10.2 Å². The van der Waals surface area contributed by atoms with Gasteiger partial charge in [0, 0.05) is 30.0 Å². The average molecular weight is 425 g/mol. The van der Waals surface area contributed by atoms with Gasteiger partial charge in [0.2, 0.25) is 5.91 Å². The number of halogens is 1. The zero-order valence-corrected chi connectivity index (χ0v) is 17.7. The third-order valence-electron chi connectivity index (χ3n) is 4.41. The van der Waals surface area contributed by atoms with Crippen LogP contribution in [0.1, 0.15) is 51.2 Å². The Hall–Kier alpha value is -1.56. The largest absolute Gasteiger partial charge is 0.444 e. The first-order valence-electron chi connectivity index (χ1n) is 9.16. The summed E-state index contributed by atoms with van der Waals surface area (Å²) in [5, 5.41) is 2.89. The molecule has 1 atom stereocenters. The van der Waals surface area contributed by atoms with Crippen molar-refractivity contribution in [2.75, 3.05) is 13.1 Å². The van der Waals surface area contributed by atoms with Crippen LogP contribution in [0.3, 0.4) is 0 Å². The first-order valence-corrected chi connectivity index (χ1v) is 9.95. The number of nitrogens with one attached hydrogen (secondary N) is 1. The highest BCUT2D eigenvalue weighted by Crippen LogP contribution is 2.19. The van der Waals surface area contributed by atoms with Gasteiger partial charge in [-0.1, -0.05) is 22.0 Å². The predicted molar refractivity (Wildman–Crippen MR) is 106 cm³/mol. The quantitative estimate of drug-likeness (QED) is 0.787. The van der Waals surface area contributed by atoms with Crippen molar-refractivity contribution in [2.24, 2.45) is 0 Å². The summed E-state index contributed by atoms with van der Waals surface area (Å²) >= 11 is 3.48. The minimum Gasteiger partial charge on any atom is -0.444 e. The molecule has 1 aromatic rings. The van der Waals surface area contributed by atoms with Crippen LogP contribution < -0.4 is 5.32 Å². The number of likely N-dealkylation sites (tertiary alicyclic amines) is 1. The Morgan fingerprint density at radius 2 is 2.08 bits per heavy atom. The van der Waals surface area contributed by atoms with Crippen molar-refractivity contribution in [3.05, 3.63) is 33.8 Å². The molecular weight excluding hydrogens is 396 g/mol. The van der Waals surface area contributed by atoms with E-state index in [2.05, 4.69) is 40.3 Å². The molecule has 0 bridgehead atoms. The Morgan fingerprint density at radius 3 is 2.77 bits per heavy atom. The minimum atomic E-state index is -0.518. The van der Waals surface area contributed by atoms with Crippen LogP contribution in [0.5, 0.6) is 0 Å². The number of aryl methyl sites for hydroxylation is 2. The zero-order chi connectivity index (χ0) is 19.3. The van der Waals surface area contributed by atoms with Crippen LogP contribution in [0, 0.1) is 6.92 Å². The van der Waals surface area contributed by atoms with Gasteiger partial charge in [0.15, 0.2) is 0 Å². The minimum absolute atomic E-state index is 0.0462. The lowest BCUT2D eigenvalue weighted by molar-refractivity contribution is -0.132. The van der Waals surface area contributed by atoms with Crippen LogP contribution in [0.15, 0.2) is 22.7 Å². The first kappa shape index (κ1) is 20.7. The molecule has 1 fully saturated rings. The molecule has 0 aromatic heterocycles. The van der Waals surface area contributed by atoms with Gasteiger partial charge in [-0.2, -0.15) is 0 Å². The fraction of sp³-hybridized carbons (Fsp3) is 0.600. The Morgan fingerprint density at radius 1 is 1.35 bits per heavy atom. The van der Waals surface area contributed by atoms with Crippen LogP contribution in [0.4, 0.5) is 4.79 Å². The monoisotopic (exact) mass is 424 g/mol. The van der Waals surface area contributed by atoms with Crippen molar-refractivity contribution in [3.8, 4) is 0 Å². The molecule has 26 heavy (non-hydrogen) atoms. The topological polar surface area (TPSA) is 58.6 Å². The van der Waals surface area contributed by atoms with E-state index < -0.39 is 11.7 Å². The summed E-state index contributed by atoms with van der Waals surface area (Å²) in [6.07, 6.45) is 2.55. The van der Waals surface area contributed by atoms with E-state index >= 15 is 0 Å². The SMILES string of the molecule is Cc1ccc(Br)cc1CCC(=O)N1CCCC(NC(=O)OC(C)(C)C)C1. The van der Waals surface area contributed by atoms with E-state index in [1.807, 2.05) is 31.7 Å². The van der Waals surface area contributed by atoms with Gasteiger partial charge in [-0.25, -0.2) is 4.79 Å². The van der Waals surface area contributed by atoms with Crippen LogP contribution >= 0.6 is 15.9 Å². The summed E-state index contributed by atoms with van der Waals surface area (Å²) in [6, 6.07) is 6.10. The molecule has 2 amide bonds. The Kier molecular flexibility index (Phi) is 7.09. The van der Waals surface area contributed by atoms with Crippen LogP contribution in [-0.4, -0.2) is 41.6 Å². The van der Waals surface area contributed by atoms with Crippen molar-refractivity contribution in [2.45, 2.75) is 65.0 Å². The molecule has 5 nitrogen and oxygen atoms in total. The van der Waals surface area contributed by atoms with Gasteiger partial charge in [0.25, 0.3) is 0 Å². The molecule has 1 aliphatic heterocycles. The number of hydrogen-bond donors (Lipinski definition) is 1. The standard InChI is InChI=1S/C20H29BrN2O3/c1-14-7-9-16(21)12-15(14)8-10-18(24)23-11-5-6-17(13-23)22-19(25)26-20(2,3)4/h7,9,12,17H,5-6,8,10-11,13H2,1-4H3,(H,22,25). The highest BCUT2D eigenvalue weighted by atomic mass is 79.9. The summed E-state index contributed by atoms with van der Waals surface area (Å²) in [6.45, 7) is 8.89. The Labute approximate surface area is 164 Å². The second-order valence-corrected chi connectivity index (χ2v) is 8.81. The van der Waals surface area contributed by atoms with Crippen LogP contribution in [-0.2, 0) is 16.0 Å². The molecule has 0 radical (unpaired) electrons. The molecule has 1 heterocycles. The normalized spacial score (nSPS) is 17.7. The lowest BCUT2D eigenvalue weighted by atomic mass is 10.0. The number of carbonyl (C=O) groups is 2. The average Bonchev–Trinajstić information content (AvgIpc) is 2.53. The molecule has 1 saturated heterocycles. The molecule has 144 valence electrons. The van der Waals surface area contributed by atoms with Gasteiger partial charge in [0.05, 0.1) is 0 Å². The van der Waals surface area contributed by atoms with Gasteiger partial charge in [-0.3, -0.25) is 4.79 Å². The fourth-order valence-corrected chi connectivity index (χ4v) is 3.51. The highest BCUT2D eigenvalue weighted by Gasteiger charge is 2.26. The van der Waals surface area contributed by atoms with Crippen molar-refractivity contribution in [1.29, 1.82) is 0 Å². The number of nitrogens with zero attached hydrogens (tertiary/aromatic N) is 1. The van der Waals surface area contributed by atoms with E-state index in [-0.39, 0.29) is 11.9 Å². The van der Waals surface area contributed by atoms with E-state index in [4.69, 9.17) is 4.74 Å². The third-order valence-corrected chi connectivity index (χ3v) is 4.91. The van der Waals surface area contributed by atoms with Crippen LogP contribution in [0.2, 0.25) is 0 Å². The van der Waals surface area contributed by atoms with Crippen molar-refractivity contribution in [3.63, 3.8) is 0 Å². The van der Waals surface area contributed by atoms with Gasteiger partial charge in [-0.05, 0) is 70.2 Å². The molecule has 1 aromatic carbocycles. The number of amides is 2. The van der Waals surface area contributed by atoms with Gasteiger partial charge >= 0.3 is 6.09 Å². The number of piperidine rings is 1. The second kappa shape index (κ2) is 8.89. The van der Waals surface area contributed by atoms with E-state index in [1.165, 1.54) is 11.1 Å². The highest BCUT2D eigenvalue weighted by molar-refractivity contribution is 9.10. The molecule has 0 saturated carbocycles. The molecule has 6 heteroatoms. The van der Waals surface area contributed by atoms with Gasteiger partial charge in [0.1, 0.15) is 5.60 Å². The Balaban J connectivity index is 1.85. The molecule has 2 rings (SSSR count). The van der Waals surface area contributed by atoms with E-state index in [0.29, 0.717) is 13.0 Å². The van der Waals surface area contributed by atoms with E-state index in [0.717, 1.165) is 30.3 Å². The van der Waals surface area contributed by atoms with Crippen LogP contribution in [0.25, 0.3) is 0 Å². The summed E-state index contributed by atoms with van der Waals surface area (Å²) in [5.74, 6) is 0.139. The lowest BCUT2D eigenvalue weighted by Gasteiger charge is -2.33. The van der Waals surface area contributed by atoms with E-state index in [1.54, 1.807) is 0 Å². The smallest absolute Gasteiger partial charge is 0.407 e. The summed E-state index contributed by atoms with van der Waals surface area (Å²) < 4.78 is 6.34. The number of alkyl carbamates (subject to hydrolysis) is 1. The maximum atomic E-state index is 12.6. The maximum Gasteiger partial charge on any atom is 0.407 e.